The molecule has 9 heteroatoms. The largest absolute Gasteiger partial charge is 0.365 e. The highest BCUT2D eigenvalue weighted by atomic mass is 35.5. The van der Waals surface area contributed by atoms with Gasteiger partial charge in [0.25, 0.3) is 5.89 Å². The smallest absolute Gasteiger partial charge is 0.278 e. The Labute approximate surface area is 168 Å². The second-order valence-corrected chi connectivity index (χ2v) is 7.00. The lowest BCUT2D eigenvalue weighted by Gasteiger charge is -2.25. The van der Waals surface area contributed by atoms with Crippen molar-refractivity contribution < 1.29 is 18.0 Å². The third-order valence-electron chi connectivity index (χ3n) is 4.78. The normalized spacial score (nSPS) is 16.0. The molecular weight excluding hydrogens is 402 g/mol. The molecule has 2 aromatic carbocycles. The molecule has 0 saturated carbocycles. The van der Waals surface area contributed by atoms with Gasteiger partial charge in [0.2, 0.25) is 5.82 Å². The summed E-state index contributed by atoms with van der Waals surface area (Å²) in [7, 11) is 0. The topological polar surface area (TPSA) is 66.0 Å². The number of hydrogen-bond donors (Lipinski definition) is 0. The number of rotatable bonds is 3. The molecule has 0 aliphatic carbocycles. The fraction of sp³-hybridized carbons (Fsp3) is 0.150. The lowest BCUT2D eigenvalue weighted by molar-refractivity contribution is 0.00326. The van der Waals surface area contributed by atoms with Gasteiger partial charge in [0, 0.05) is 5.56 Å². The molecule has 0 amide bonds. The second-order valence-electron chi connectivity index (χ2n) is 6.60. The van der Waals surface area contributed by atoms with Gasteiger partial charge < -0.3 is 13.8 Å². The molecule has 0 radical (unpaired) electrons. The molecule has 5 rings (SSSR count). The Morgan fingerprint density at radius 1 is 1.10 bits per heavy atom. The van der Waals surface area contributed by atoms with Crippen molar-refractivity contribution >= 4 is 11.6 Å². The molecule has 1 aliphatic rings. The van der Waals surface area contributed by atoms with Gasteiger partial charge in [-0.2, -0.15) is 4.98 Å². The zero-order valence-corrected chi connectivity index (χ0v) is 15.6. The van der Waals surface area contributed by atoms with E-state index in [0.717, 1.165) is 11.3 Å². The molecular formula is C20H13ClF2N4O2. The Balaban J connectivity index is 1.41. The molecule has 0 fully saturated rings. The number of hydrogen-bond acceptors (Lipinski definition) is 5. The number of nitrogens with zero attached hydrogens (tertiary/aromatic N) is 4. The molecule has 4 aromatic rings. The fourth-order valence-electron chi connectivity index (χ4n) is 3.26. The first kappa shape index (κ1) is 18.0. The summed E-state index contributed by atoms with van der Waals surface area (Å²) in [6.45, 7) is 0.808. The Hall–Kier alpha value is -3.10. The van der Waals surface area contributed by atoms with Crippen molar-refractivity contribution in [2.45, 2.75) is 19.3 Å². The molecule has 146 valence electrons. The molecule has 0 unspecified atom stereocenters. The van der Waals surface area contributed by atoms with Gasteiger partial charge in [0.05, 0.1) is 30.2 Å². The van der Waals surface area contributed by atoms with Crippen LogP contribution < -0.4 is 0 Å². The van der Waals surface area contributed by atoms with Gasteiger partial charge in [0.15, 0.2) is 5.69 Å². The summed E-state index contributed by atoms with van der Waals surface area (Å²) in [6, 6.07) is 10.5. The highest BCUT2D eigenvalue weighted by Gasteiger charge is 2.26. The van der Waals surface area contributed by atoms with Crippen LogP contribution >= 0.6 is 11.6 Å². The predicted molar refractivity (Wildman–Crippen MR) is 99.9 cm³/mol. The van der Waals surface area contributed by atoms with E-state index in [-0.39, 0.29) is 35.3 Å². The van der Waals surface area contributed by atoms with Gasteiger partial charge in [-0.1, -0.05) is 28.9 Å². The van der Waals surface area contributed by atoms with E-state index in [2.05, 4.69) is 15.1 Å². The maximum absolute atomic E-state index is 13.7. The van der Waals surface area contributed by atoms with Crippen LogP contribution in [0.5, 0.6) is 0 Å². The Morgan fingerprint density at radius 2 is 1.93 bits per heavy atom. The first-order valence-corrected chi connectivity index (χ1v) is 9.17. The van der Waals surface area contributed by atoms with E-state index >= 15 is 0 Å². The molecule has 0 bridgehead atoms. The zero-order valence-electron chi connectivity index (χ0n) is 14.8. The van der Waals surface area contributed by atoms with Crippen LogP contribution in [0.2, 0.25) is 5.02 Å². The van der Waals surface area contributed by atoms with Crippen molar-refractivity contribution in [1.29, 1.82) is 0 Å². The number of benzene rings is 2. The molecule has 6 nitrogen and oxygen atoms in total. The highest BCUT2D eigenvalue weighted by Crippen LogP contribution is 2.32. The van der Waals surface area contributed by atoms with Gasteiger partial charge in [0.1, 0.15) is 17.7 Å². The zero-order chi connectivity index (χ0) is 20.0. The van der Waals surface area contributed by atoms with E-state index in [0.29, 0.717) is 17.8 Å². The van der Waals surface area contributed by atoms with Crippen molar-refractivity contribution in [3.8, 4) is 23.0 Å². The molecule has 1 atom stereocenters. The summed E-state index contributed by atoms with van der Waals surface area (Å²) in [4.78, 5) is 8.71. The summed E-state index contributed by atoms with van der Waals surface area (Å²) in [6.07, 6.45) is 1.47. The van der Waals surface area contributed by atoms with Crippen LogP contribution in [-0.2, 0) is 17.9 Å². The number of fused-ring (bicyclic) bond motifs is 1. The number of halogens is 3. The van der Waals surface area contributed by atoms with Crippen LogP contribution in [0.3, 0.4) is 0 Å². The van der Waals surface area contributed by atoms with Gasteiger partial charge >= 0.3 is 0 Å². The van der Waals surface area contributed by atoms with Crippen molar-refractivity contribution in [1.82, 2.24) is 19.7 Å². The average Bonchev–Trinajstić information content (AvgIpc) is 3.37. The van der Waals surface area contributed by atoms with Crippen LogP contribution in [0.4, 0.5) is 8.78 Å². The SMILES string of the molecule is Fc1ccc([C@@H]2Cn3cnc(-c4nc(-c5ccc(Cl)c(F)c5)no4)c3CO2)cc1. The van der Waals surface area contributed by atoms with Crippen molar-refractivity contribution in [3.63, 3.8) is 0 Å². The molecule has 0 spiro atoms. The Bertz CT molecular complexity index is 1190. The van der Waals surface area contributed by atoms with Crippen LogP contribution in [-0.4, -0.2) is 19.7 Å². The first-order chi connectivity index (χ1) is 14.1. The summed E-state index contributed by atoms with van der Waals surface area (Å²) >= 11 is 5.71. The second kappa shape index (κ2) is 7.06. The summed E-state index contributed by atoms with van der Waals surface area (Å²) in [5.41, 5.74) is 2.64. The van der Waals surface area contributed by atoms with Crippen LogP contribution in [0.1, 0.15) is 17.4 Å². The molecule has 0 saturated heterocycles. The lowest BCUT2D eigenvalue weighted by Crippen LogP contribution is -2.20. The minimum atomic E-state index is -0.560. The van der Waals surface area contributed by atoms with E-state index < -0.39 is 5.82 Å². The minimum absolute atomic E-state index is 0.0218. The quantitative estimate of drug-likeness (QED) is 0.481. The Morgan fingerprint density at radius 3 is 2.72 bits per heavy atom. The Kier molecular flexibility index (Phi) is 4.37. The van der Waals surface area contributed by atoms with Crippen molar-refractivity contribution in [3.05, 3.63) is 76.7 Å². The average molecular weight is 415 g/mol. The van der Waals surface area contributed by atoms with E-state index in [1.807, 2.05) is 4.57 Å². The van der Waals surface area contributed by atoms with Gasteiger partial charge in [-0.25, -0.2) is 13.8 Å². The summed E-state index contributed by atoms with van der Waals surface area (Å²) < 4.78 is 40.1. The summed E-state index contributed by atoms with van der Waals surface area (Å²) in [5.74, 6) is -0.399. The van der Waals surface area contributed by atoms with Gasteiger partial charge in [-0.15, -0.1) is 0 Å². The van der Waals surface area contributed by atoms with E-state index in [4.69, 9.17) is 20.9 Å². The third kappa shape index (κ3) is 3.30. The van der Waals surface area contributed by atoms with Crippen molar-refractivity contribution in [2.75, 3.05) is 0 Å². The molecule has 1 aliphatic heterocycles. The van der Waals surface area contributed by atoms with Crippen LogP contribution in [0.25, 0.3) is 23.0 Å². The maximum atomic E-state index is 13.7. The number of aromatic nitrogens is 4. The standard InChI is InChI=1S/C20H13ClF2N4O2/c21-14-6-3-12(7-15(14)23)19-25-20(29-26-19)18-16-9-28-17(8-27(16)10-24-18)11-1-4-13(22)5-2-11/h1-7,10,17H,8-9H2/t17-/m0/s1. The van der Waals surface area contributed by atoms with E-state index in [1.165, 1.54) is 24.3 Å². The molecule has 3 heterocycles. The third-order valence-corrected chi connectivity index (χ3v) is 5.08. The molecule has 0 N–H and O–H groups in total. The number of ether oxygens (including phenoxy) is 1. The minimum Gasteiger partial charge on any atom is -0.365 e. The van der Waals surface area contributed by atoms with Crippen LogP contribution in [0, 0.1) is 11.6 Å². The first-order valence-electron chi connectivity index (χ1n) is 8.79. The number of imidazole rings is 1. The molecule has 2 aromatic heterocycles. The lowest BCUT2D eigenvalue weighted by atomic mass is 10.1. The molecule has 29 heavy (non-hydrogen) atoms. The van der Waals surface area contributed by atoms with Gasteiger partial charge in [-0.05, 0) is 35.9 Å². The highest BCUT2D eigenvalue weighted by molar-refractivity contribution is 6.30. The van der Waals surface area contributed by atoms with Crippen molar-refractivity contribution in [2.24, 2.45) is 0 Å². The fourth-order valence-corrected chi connectivity index (χ4v) is 3.37. The monoisotopic (exact) mass is 414 g/mol. The van der Waals surface area contributed by atoms with Crippen LogP contribution in [0.15, 0.2) is 53.3 Å². The van der Waals surface area contributed by atoms with E-state index in [9.17, 15) is 8.78 Å². The van der Waals surface area contributed by atoms with E-state index in [1.54, 1.807) is 24.5 Å². The van der Waals surface area contributed by atoms with Gasteiger partial charge in [-0.3, -0.25) is 0 Å². The summed E-state index contributed by atoms with van der Waals surface area (Å²) in [5, 5.41) is 3.93. The maximum Gasteiger partial charge on any atom is 0.278 e. The predicted octanol–water partition coefficient (Wildman–Crippen LogP) is 4.80.